The molecule has 0 rings (SSSR count). The normalized spacial score (nSPS) is 9.11. The van der Waals surface area contributed by atoms with Crippen LogP contribution < -0.4 is 0 Å². The van der Waals surface area contributed by atoms with E-state index in [2.05, 4.69) is 0 Å². The summed E-state index contributed by atoms with van der Waals surface area (Å²) in [5.41, 5.74) is 0. The molecule has 0 aromatic carbocycles. The number of aliphatic hydroxyl groups excluding tert-OH is 1. The van der Waals surface area contributed by atoms with Crippen LogP contribution in [0, 0.1) is 0 Å². The van der Waals surface area contributed by atoms with E-state index in [1.165, 1.54) is 6.92 Å². The number of hydrogen-bond acceptors (Lipinski definition) is 2. The van der Waals surface area contributed by atoms with Gasteiger partial charge in [-0.25, -0.2) is 4.79 Å². The second-order valence-electron chi connectivity index (χ2n) is 1.01. The van der Waals surface area contributed by atoms with Crippen molar-refractivity contribution in [2.24, 2.45) is 0 Å². The Kier molecular flexibility index (Phi) is 31.9. The van der Waals surface area contributed by atoms with Gasteiger partial charge >= 0.3 is 5.97 Å². The SMILES string of the molecule is CC(O)C(=O)O.[Na].[Na].[Ti]. The molecule has 0 bridgehead atoms. The van der Waals surface area contributed by atoms with Crippen molar-refractivity contribution in [3.8, 4) is 0 Å². The molecule has 2 radical (unpaired) electrons. The van der Waals surface area contributed by atoms with Gasteiger partial charge in [-0.1, -0.05) is 0 Å². The zero-order chi connectivity index (χ0) is 5.15. The molecule has 0 aliphatic rings. The van der Waals surface area contributed by atoms with Crippen LogP contribution in [0.1, 0.15) is 6.92 Å². The Hall–Kier alpha value is 2.14. The Balaban J connectivity index is -0.0000000417. The minimum absolute atomic E-state index is 0. The average Bonchev–Trinajstić information content (AvgIpc) is 1.36. The smallest absolute Gasteiger partial charge is 0.332 e. The molecule has 0 spiro atoms. The van der Waals surface area contributed by atoms with Crippen LogP contribution in [0.25, 0.3) is 0 Å². The van der Waals surface area contributed by atoms with E-state index in [1.54, 1.807) is 0 Å². The molecule has 1 unspecified atom stereocenters. The maximum Gasteiger partial charge on any atom is 0.332 e. The van der Waals surface area contributed by atoms with Gasteiger partial charge < -0.3 is 10.2 Å². The summed E-state index contributed by atoms with van der Waals surface area (Å²) in [6.07, 6.45) is -1.23. The summed E-state index contributed by atoms with van der Waals surface area (Å²) in [6.45, 7) is 1.20. The van der Waals surface area contributed by atoms with Crippen LogP contribution in [0.15, 0.2) is 0 Å². The van der Waals surface area contributed by atoms with Crippen LogP contribution in [-0.4, -0.2) is 81.4 Å². The van der Waals surface area contributed by atoms with E-state index in [-0.39, 0.29) is 80.8 Å². The fourth-order valence-corrected chi connectivity index (χ4v) is 0. The molecule has 0 aromatic rings. The summed E-state index contributed by atoms with van der Waals surface area (Å²) in [5, 5.41) is 15.8. The molecule has 0 heterocycles. The Bertz CT molecular complexity index is 68.1. The van der Waals surface area contributed by atoms with Crippen LogP contribution in [0.5, 0.6) is 0 Å². The van der Waals surface area contributed by atoms with E-state index in [1.807, 2.05) is 0 Å². The van der Waals surface area contributed by atoms with Crippen molar-refractivity contribution in [1.82, 2.24) is 0 Å². The fourth-order valence-electron chi connectivity index (χ4n) is 0. The van der Waals surface area contributed by atoms with Crippen molar-refractivity contribution >= 4 is 65.1 Å². The van der Waals surface area contributed by atoms with Gasteiger partial charge in [0.25, 0.3) is 0 Å². The molecule has 0 aromatic heterocycles. The standard InChI is InChI=1S/C3H6O3.2Na.Ti/c1-2(4)3(5)6;;;/h2,4H,1H3,(H,5,6);;;. The summed E-state index contributed by atoms with van der Waals surface area (Å²) in [6, 6.07) is 0. The minimum Gasteiger partial charge on any atom is -0.479 e. The monoisotopic (exact) mass is 184 g/mol. The van der Waals surface area contributed by atoms with Crippen molar-refractivity contribution in [2.75, 3.05) is 0 Å². The number of carboxylic acid groups (broad SMARTS) is 1. The van der Waals surface area contributed by atoms with E-state index in [4.69, 9.17) is 10.2 Å². The van der Waals surface area contributed by atoms with Crippen molar-refractivity contribution in [2.45, 2.75) is 13.0 Å². The Morgan fingerprint density at radius 3 is 1.56 bits per heavy atom. The first-order chi connectivity index (χ1) is 2.64. The molecule has 0 saturated carbocycles. The first-order valence-corrected chi connectivity index (χ1v) is 1.55. The van der Waals surface area contributed by atoms with Crippen molar-refractivity contribution in [3.05, 3.63) is 0 Å². The molecule has 0 fully saturated rings. The number of aliphatic hydroxyl groups is 1. The maximum atomic E-state index is 9.45. The molecule has 0 aliphatic carbocycles. The van der Waals surface area contributed by atoms with Gasteiger partial charge in [0, 0.05) is 80.8 Å². The molecule has 0 amide bonds. The van der Waals surface area contributed by atoms with Crippen LogP contribution in [0.4, 0.5) is 0 Å². The van der Waals surface area contributed by atoms with Crippen molar-refractivity contribution in [1.29, 1.82) is 0 Å². The quantitative estimate of drug-likeness (QED) is 0.497. The third-order valence-corrected chi connectivity index (χ3v) is 0.357. The van der Waals surface area contributed by atoms with Gasteiger partial charge in [0.05, 0.1) is 0 Å². The minimum atomic E-state index is -1.23. The van der Waals surface area contributed by atoms with Crippen LogP contribution in [0.3, 0.4) is 0 Å². The maximum absolute atomic E-state index is 9.45. The summed E-state index contributed by atoms with van der Waals surface area (Å²) in [4.78, 5) is 9.45. The Morgan fingerprint density at radius 1 is 1.44 bits per heavy atom. The van der Waals surface area contributed by atoms with Gasteiger partial charge in [-0.2, -0.15) is 0 Å². The van der Waals surface area contributed by atoms with Gasteiger partial charge in [-0.05, 0) is 6.92 Å². The van der Waals surface area contributed by atoms with Gasteiger partial charge in [0.1, 0.15) is 6.10 Å². The Morgan fingerprint density at radius 2 is 1.56 bits per heavy atom. The predicted octanol–water partition coefficient (Wildman–Crippen LogP) is -1.31. The molecule has 1 atom stereocenters. The largest absolute Gasteiger partial charge is 0.479 e. The Labute approximate surface area is 113 Å². The number of carboxylic acids is 1. The van der Waals surface area contributed by atoms with E-state index in [0.29, 0.717) is 0 Å². The van der Waals surface area contributed by atoms with E-state index in [9.17, 15) is 4.79 Å². The third kappa shape index (κ3) is 17.8. The fraction of sp³-hybridized carbons (Fsp3) is 0.667. The summed E-state index contributed by atoms with van der Waals surface area (Å²) < 4.78 is 0. The summed E-state index contributed by atoms with van der Waals surface area (Å²) >= 11 is 0. The zero-order valence-corrected chi connectivity index (χ0v) is 11.4. The van der Waals surface area contributed by atoms with Gasteiger partial charge in [-0.3, -0.25) is 0 Å². The average molecular weight is 184 g/mol. The van der Waals surface area contributed by atoms with Gasteiger partial charge in [0.2, 0.25) is 0 Å². The number of carbonyl (C=O) groups is 1. The topological polar surface area (TPSA) is 57.5 Å². The van der Waals surface area contributed by atoms with Crippen molar-refractivity contribution < 1.29 is 36.7 Å². The molecule has 0 aliphatic heterocycles. The second-order valence-corrected chi connectivity index (χ2v) is 1.01. The predicted molar refractivity (Wildman–Crippen MR) is 30.8 cm³/mol. The third-order valence-electron chi connectivity index (χ3n) is 0.357. The van der Waals surface area contributed by atoms with Crippen LogP contribution in [0.2, 0.25) is 0 Å². The van der Waals surface area contributed by atoms with Gasteiger partial charge in [0.15, 0.2) is 0 Å². The van der Waals surface area contributed by atoms with Crippen molar-refractivity contribution in [3.63, 3.8) is 0 Å². The first-order valence-electron chi connectivity index (χ1n) is 1.55. The molecule has 6 heteroatoms. The molecule has 3 nitrogen and oxygen atoms in total. The number of aliphatic carboxylic acids is 1. The first kappa shape index (κ1) is 22.5. The molecule has 42 valence electrons. The van der Waals surface area contributed by atoms with E-state index < -0.39 is 12.1 Å². The van der Waals surface area contributed by atoms with Gasteiger partial charge in [-0.15, -0.1) is 0 Å². The molecule has 9 heavy (non-hydrogen) atoms. The zero-order valence-electron chi connectivity index (χ0n) is 5.88. The molecular formula is C3H6Na2O3Ti. The molecule has 0 saturated heterocycles. The summed E-state index contributed by atoms with van der Waals surface area (Å²) in [7, 11) is 0. The van der Waals surface area contributed by atoms with E-state index in [0.717, 1.165) is 0 Å². The molecule has 2 N–H and O–H groups in total. The van der Waals surface area contributed by atoms with Crippen LogP contribution >= 0.6 is 0 Å². The number of hydrogen-bond donors (Lipinski definition) is 2. The summed E-state index contributed by atoms with van der Waals surface area (Å²) in [5.74, 6) is -1.19. The van der Waals surface area contributed by atoms with Crippen LogP contribution in [-0.2, 0) is 26.5 Å². The van der Waals surface area contributed by atoms with E-state index >= 15 is 0 Å². The second kappa shape index (κ2) is 12.8. The number of rotatable bonds is 1. The molecular weight excluding hydrogens is 178 g/mol.